The Labute approximate surface area is 136 Å². The maximum absolute atomic E-state index is 11.7. The van der Waals surface area contributed by atoms with Gasteiger partial charge in [-0.1, -0.05) is 65.1 Å². The monoisotopic (exact) mass is 341 g/mol. The Bertz CT molecular complexity index is 725. The van der Waals surface area contributed by atoms with Gasteiger partial charge in [0.05, 0.1) is 0 Å². The summed E-state index contributed by atoms with van der Waals surface area (Å²) in [5, 5.41) is 12.9. The molecule has 0 aromatic heterocycles. The Morgan fingerprint density at radius 3 is 2.43 bits per heavy atom. The van der Waals surface area contributed by atoms with Gasteiger partial charge >= 0.3 is 0 Å². The Balaban J connectivity index is 1.96. The van der Waals surface area contributed by atoms with E-state index in [0.717, 1.165) is 22.3 Å². The quantitative estimate of drug-likeness (QED) is 0.768. The molecule has 0 heterocycles. The number of amides is 1. The highest BCUT2D eigenvalue weighted by Gasteiger charge is 2.31. The summed E-state index contributed by atoms with van der Waals surface area (Å²) in [5.41, 5.74) is 3.96. The minimum Gasteiger partial charge on any atom is -0.384 e. The minimum atomic E-state index is -2.03. The van der Waals surface area contributed by atoms with Crippen LogP contribution in [-0.2, 0) is 4.79 Å². The Kier molecular flexibility index (Phi) is 3.62. The van der Waals surface area contributed by atoms with Gasteiger partial charge in [0, 0.05) is 5.69 Å². The van der Waals surface area contributed by atoms with Crippen LogP contribution >= 0.6 is 34.8 Å². The fraction of sp³-hybridized carbons (Fsp3) is 0.133. The molecule has 108 valence electrons. The number of nitrogens with one attached hydrogen (secondary N) is 1. The van der Waals surface area contributed by atoms with E-state index in [9.17, 15) is 9.90 Å². The zero-order valence-electron chi connectivity index (χ0n) is 10.6. The number of hydrogen-bond acceptors (Lipinski definition) is 2. The first-order valence-electron chi connectivity index (χ1n) is 6.17. The van der Waals surface area contributed by atoms with E-state index < -0.39 is 15.8 Å². The average molecular weight is 343 g/mol. The highest BCUT2D eigenvalue weighted by Crippen LogP contribution is 2.44. The number of benzene rings is 2. The van der Waals surface area contributed by atoms with E-state index in [1.807, 2.05) is 30.3 Å². The summed E-state index contributed by atoms with van der Waals surface area (Å²) in [5.74, 6) is -0.738. The number of aliphatic hydroxyl groups excluding tert-OH is 1. The van der Waals surface area contributed by atoms with Gasteiger partial charge in [0.1, 0.15) is 6.10 Å². The molecule has 1 aliphatic rings. The summed E-state index contributed by atoms with van der Waals surface area (Å²) >= 11 is 16.6. The van der Waals surface area contributed by atoms with E-state index in [-0.39, 0.29) is 0 Å². The molecule has 1 amide bonds. The molecule has 1 aliphatic carbocycles. The van der Waals surface area contributed by atoms with Crippen LogP contribution in [0.5, 0.6) is 0 Å². The van der Waals surface area contributed by atoms with Gasteiger partial charge in [-0.25, -0.2) is 0 Å². The van der Waals surface area contributed by atoms with Crippen molar-refractivity contribution in [2.45, 2.75) is 9.90 Å². The third kappa shape index (κ3) is 2.62. The van der Waals surface area contributed by atoms with Crippen molar-refractivity contribution in [2.75, 3.05) is 5.32 Å². The zero-order valence-corrected chi connectivity index (χ0v) is 12.9. The van der Waals surface area contributed by atoms with Crippen LogP contribution in [0, 0.1) is 0 Å². The first kappa shape index (κ1) is 14.7. The highest BCUT2D eigenvalue weighted by molar-refractivity contribution is 6.76. The van der Waals surface area contributed by atoms with Gasteiger partial charge in [-0.3, -0.25) is 4.79 Å². The van der Waals surface area contributed by atoms with E-state index in [2.05, 4.69) is 5.32 Å². The molecule has 6 heteroatoms. The highest BCUT2D eigenvalue weighted by atomic mass is 35.6. The molecule has 2 aromatic carbocycles. The Morgan fingerprint density at radius 1 is 1.05 bits per heavy atom. The number of fused-ring (bicyclic) bond motifs is 3. The first-order chi connectivity index (χ1) is 9.88. The molecule has 0 fully saturated rings. The molecule has 1 unspecified atom stereocenters. The van der Waals surface area contributed by atoms with E-state index >= 15 is 0 Å². The fourth-order valence-corrected chi connectivity index (χ4v) is 2.60. The topological polar surface area (TPSA) is 49.3 Å². The number of carbonyl (C=O) groups is 1. The van der Waals surface area contributed by atoms with Gasteiger partial charge in [0.25, 0.3) is 9.70 Å². The van der Waals surface area contributed by atoms with Crippen LogP contribution < -0.4 is 5.32 Å². The van der Waals surface area contributed by atoms with Crippen LogP contribution in [0.3, 0.4) is 0 Å². The van der Waals surface area contributed by atoms with Crippen molar-refractivity contribution < 1.29 is 9.90 Å². The maximum Gasteiger partial charge on any atom is 0.276 e. The van der Waals surface area contributed by atoms with Crippen LogP contribution in [0.2, 0.25) is 0 Å². The van der Waals surface area contributed by atoms with Gasteiger partial charge in [-0.2, -0.15) is 0 Å². The van der Waals surface area contributed by atoms with Crippen molar-refractivity contribution in [3.05, 3.63) is 53.6 Å². The molecule has 3 nitrogen and oxygen atoms in total. The lowest BCUT2D eigenvalue weighted by Crippen LogP contribution is -2.26. The van der Waals surface area contributed by atoms with Gasteiger partial charge in [0.15, 0.2) is 0 Å². The molecule has 0 aliphatic heterocycles. The summed E-state index contributed by atoms with van der Waals surface area (Å²) in [6.07, 6.45) is -0.721. The molecule has 21 heavy (non-hydrogen) atoms. The second-order valence-electron chi connectivity index (χ2n) is 4.74. The second-order valence-corrected chi connectivity index (χ2v) is 7.02. The van der Waals surface area contributed by atoms with E-state index in [4.69, 9.17) is 34.8 Å². The lowest BCUT2D eigenvalue weighted by molar-refractivity contribution is -0.115. The number of rotatable bonds is 1. The minimum absolute atomic E-state index is 0.469. The van der Waals surface area contributed by atoms with E-state index in [1.54, 1.807) is 12.1 Å². The summed E-state index contributed by atoms with van der Waals surface area (Å²) in [7, 11) is 0. The number of hydrogen-bond donors (Lipinski definition) is 2. The molecule has 0 bridgehead atoms. The molecule has 2 aromatic rings. The second kappa shape index (κ2) is 5.18. The number of anilines is 1. The van der Waals surface area contributed by atoms with Crippen LogP contribution in [0.25, 0.3) is 11.1 Å². The van der Waals surface area contributed by atoms with E-state index in [1.165, 1.54) is 0 Å². The van der Waals surface area contributed by atoms with Crippen molar-refractivity contribution in [1.29, 1.82) is 0 Å². The third-order valence-corrected chi connectivity index (χ3v) is 3.92. The van der Waals surface area contributed by atoms with E-state index in [0.29, 0.717) is 5.69 Å². The normalized spacial score (nSPS) is 16.3. The predicted octanol–water partition coefficient (Wildman–Crippen LogP) is 4.06. The van der Waals surface area contributed by atoms with Crippen molar-refractivity contribution in [3.63, 3.8) is 0 Å². The Hall–Kier alpha value is -1.26. The maximum atomic E-state index is 11.7. The lowest BCUT2D eigenvalue weighted by atomic mass is 10.1. The van der Waals surface area contributed by atoms with Gasteiger partial charge in [0.2, 0.25) is 0 Å². The standard InChI is InChI=1S/C15H10Cl3NO2/c16-15(17,18)14(21)19-8-5-6-10-9-3-1-2-4-11(9)13(20)12(10)7-8/h1-7,13,20H,(H,19,21). The van der Waals surface area contributed by atoms with Crippen LogP contribution in [0.1, 0.15) is 17.2 Å². The molecule has 0 saturated carbocycles. The molecule has 0 saturated heterocycles. The first-order valence-corrected chi connectivity index (χ1v) is 7.31. The predicted molar refractivity (Wildman–Crippen MR) is 84.9 cm³/mol. The number of alkyl halides is 3. The Morgan fingerprint density at radius 2 is 1.71 bits per heavy atom. The van der Waals surface area contributed by atoms with Gasteiger partial charge in [-0.05, 0) is 34.4 Å². The smallest absolute Gasteiger partial charge is 0.276 e. The SMILES string of the molecule is O=C(Nc1ccc2c(c1)C(O)c1ccccc1-2)C(Cl)(Cl)Cl. The number of aliphatic hydroxyl groups is 1. The molecule has 2 N–H and O–H groups in total. The molecule has 0 radical (unpaired) electrons. The van der Waals surface area contributed by atoms with Gasteiger partial charge < -0.3 is 10.4 Å². The number of carbonyl (C=O) groups excluding carboxylic acids is 1. The number of halogens is 3. The lowest BCUT2D eigenvalue weighted by Gasteiger charge is -2.13. The fourth-order valence-electron chi connectivity index (χ4n) is 2.46. The summed E-state index contributed by atoms with van der Waals surface area (Å²) in [6.45, 7) is 0. The van der Waals surface area contributed by atoms with Crippen molar-refractivity contribution in [3.8, 4) is 11.1 Å². The summed E-state index contributed by atoms with van der Waals surface area (Å²) in [4.78, 5) is 11.7. The third-order valence-electron chi connectivity index (χ3n) is 3.41. The van der Waals surface area contributed by atoms with Crippen molar-refractivity contribution >= 4 is 46.4 Å². The molecule has 1 atom stereocenters. The largest absolute Gasteiger partial charge is 0.384 e. The van der Waals surface area contributed by atoms with Gasteiger partial charge in [-0.15, -0.1) is 0 Å². The molecular formula is C15H10Cl3NO2. The molecule has 0 spiro atoms. The summed E-state index contributed by atoms with van der Waals surface area (Å²) in [6, 6.07) is 12.8. The average Bonchev–Trinajstić information content (AvgIpc) is 2.72. The van der Waals surface area contributed by atoms with Crippen LogP contribution in [0.4, 0.5) is 5.69 Å². The van der Waals surface area contributed by atoms with Crippen molar-refractivity contribution in [1.82, 2.24) is 0 Å². The van der Waals surface area contributed by atoms with Crippen LogP contribution in [-0.4, -0.2) is 14.8 Å². The van der Waals surface area contributed by atoms with Crippen molar-refractivity contribution in [2.24, 2.45) is 0 Å². The van der Waals surface area contributed by atoms with Crippen LogP contribution in [0.15, 0.2) is 42.5 Å². The zero-order chi connectivity index (χ0) is 15.2. The summed E-state index contributed by atoms with van der Waals surface area (Å²) < 4.78 is -2.03. The molecular weight excluding hydrogens is 333 g/mol. The molecule has 3 rings (SSSR count).